The van der Waals surface area contributed by atoms with Crippen LogP contribution < -0.4 is 0 Å². The molecular weight excluding hydrogens is 343 g/mol. The molecule has 0 radical (unpaired) electrons. The van der Waals surface area contributed by atoms with Crippen LogP contribution in [0.2, 0.25) is 5.02 Å². The average Bonchev–Trinajstić information content (AvgIpc) is 2.93. The smallest absolute Gasteiger partial charge is 0.197 e. The molecule has 0 aliphatic rings. The summed E-state index contributed by atoms with van der Waals surface area (Å²) in [5.41, 5.74) is 1.32. The molecule has 0 aliphatic heterocycles. The minimum Gasteiger partial charge on any atom is -0.460 e. The van der Waals surface area contributed by atoms with Crippen LogP contribution in [0.15, 0.2) is 52.9 Å². The van der Waals surface area contributed by atoms with E-state index in [1.54, 1.807) is 31.2 Å². The Labute approximate surface area is 149 Å². The Balaban J connectivity index is 2.22. The lowest BCUT2D eigenvalue weighted by atomic mass is 9.94. The molecule has 0 atom stereocenters. The highest BCUT2D eigenvalue weighted by Crippen LogP contribution is 2.33. The van der Waals surface area contributed by atoms with Crippen LogP contribution in [0.3, 0.4) is 0 Å². The lowest BCUT2D eigenvalue weighted by molar-refractivity contribution is 0.0991. The molecule has 0 amide bonds. The molecule has 0 unspecified atom stereocenters. The van der Waals surface area contributed by atoms with Gasteiger partial charge in [-0.25, -0.2) is 4.39 Å². The van der Waals surface area contributed by atoms with Gasteiger partial charge in [-0.15, -0.1) is 0 Å². The number of carbonyl (C=O) groups is 2. The van der Waals surface area contributed by atoms with E-state index in [4.69, 9.17) is 16.0 Å². The van der Waals surface area contributed by atoms with E-state index in [1.165, 1.54) is 31.2 Å². The Morgan fingerprint density at radius 3 is 2.12 bits per heavy atom. The molecule has 0 bridgehead atoms. The zero-order valence-electron chi connectivity index (χ0n) is 13.6. The van der Waals surface area contributed by atoms with E-state index in [0.29, 0.717) is 21.9 Å². The normalized spacial score (nSPS) is 10.7. The molecule has 3 nitrogen and oxygen atoms in total. The molecule has 25 heavy (non-hydrogen) atoms. The molecule has 0 N–H and O–H groups in total. The second kappa shape index (κ2) is 6.65. The standard InChI is InChI=1S/C20H14ClFO3/c1-11(23)17-12(2)25-20(14-5-9-16(22)10-6-14)18(17)19(24)13-3-7-15(21)8-4-13/h3-10H,1-2H3. The molecule has 0 saturated heterocycles. The first kappa shape index (κ1) is 17.1. The molecule has 0 spiro atoms. The second-order valence-electron chi connectivity index (χ2n) is 5.64. The number of hydrogen-bond donors (Lipinski definition) is 0. The summed E-state index contributed by atoms with van der Waals surface area (Å²) in [6, 6.07) is 12.0. The number of rotatable bonds is 4. The first-order valence-electron chi connectivity index (χ1n) is 7.59. The average molecular weight is 357 g/mol. The van der Waals surface area contributed by atoms with E-state index in [-0.39, 0.29) is 28.5 Å². The molecule has 126 valence electrons. The summed E-state index contributed by atoms with van der Waals surface area (Å²) in [4.78, 5) is 25.1. The molecule has 3 aromatic rings. The van der Waals surface area contributed by atoms with Crippen molar-refractivity contribution < 1.29 is 18.4 Å². The van der Waals surface area contributed by atoms with Crippen LogP contribution in [0.4, 0.5) is 4.39 Å². The molecule has 0 saturated carbocycles. The first-order chi connectivity index (χ1) is 11.9. The van der Waals surface area contributed by atoms with Gasteiger partial charge in [-0.2, -0.15) is 0 Å². The van der Waals surface area contributed by atoms with Crippen LogP contribution in [-0.4, -0.2) is 11.6 Å². The van der Waals surface area contributed by atoms with Crippen LogP contribution >= 0.6 is 11.6 Å². The number of benzene rings is 2. The van der Waals surface area contributed by atoms with Gasteiger partial charge in [0.15, 0.2) is 11.6 Å². The van der Waals surface area contributed by atoms with Crippen molar-refractivity contribution >= 4 is 23.2 Å². The fourth-order valence-electron chi connectivity index (χ4n) is 2.74. The van der Waals surface area contributed by atoms with Crippen molar-refractivity contribution in [3.63, 3.8) is 0 Å². The quantitative estimate of drug-likeness (QED) is 0.581. The molecule has 1 aromatic heterocycles. The zero-order chi connectivity index (χ0) is 18.1. The van der Waals surface area contributed by atoms with E-state index in [1.807, 2.05) is 0 Å². The molecule has 0 aliphatic carbocycles. The number of Topliss-reactive ketones (excluding diaryl/α,β-unsaturated/α-hetero) is 1. The summed E-state index contributed by atoms with van der Waals surface area (Å²) in [6.45, 7) is 3.01. The van der Waals surface area contributed by atoms with Crippen LogP contribution in [-0.2, 0) is 0 Å². The Bertz CT molecular complexity index is 954. The molecule has 3 rings (SSSR count). The largest absolute Gasteiger partial charge is 0.460 e. The second-order valence-corrected chi connectivity index (χ2v) is 6.07. The lowest BCUT2D eigenvalue weighted by Crippen LogP contribution is -2.08. The van der Waals surface area contributed by atoms with Crippen LogP contribution in [0.5, 0.6) is 0 Å². The summed E-state index contributed by atoms with van der Waals surface area (Å²) >= 11 is 5.87. The SMILES string of the molecule is CC(=O)c1c(C)oc(-c2ccc(F)cc2)c1C(=O)c1ccc(Cl)cc1. The third-order valence-electron chi connectivity index (χ3n) is 3.88. The predicted molar refractivity (Wildman–Crippen MR) is 93.7 cm³/mol. The van der Waals surface area contributed by atoms with Crippen molar-refractivity contribution in [1.29, 1.82) is 0 Å². The van der Waals surface area contributed by atoms with Gasteiger partial charge in [0, 0.05) is 16.1 Å². The van der Waals surface area contributed by atoms with Gasteiger partial charge in [0.2, 0.25) is 0 Å². The third-order valence-corrected chi connectivity index (χ3v) is 4.13. The van der Waals surface area contributed by atoms with Crippen molar-refractivity contribution in [3.05, 3.63) is 81.8 Å². The van der Waals surface area contributed by atoms with Gasteiger partial charge < -0.3 is 4.42 Å². The van der Waals surface area contributed by atoms with Gasteiger partial charge in [0.05, 0.1) is 11.1 Å². The van der Waals surface area contributed by atoms with Gasteiger partial charge in [0.25, 0.3) is 0 Å². The van der Waals surface area contributed by atoms with Gasteiger partial charge in [-0.3, -0.25) is 9.59 Å². The monoisotopic (exact) mass is 356 g/mol. The number of hydrogen-bond acceptors (Lipinski definition) is 3. The minimum atomic E-state index is -0.399. The van der Waals surface area contributed by atoms with Crippen LogP contribution in [0, 0.1) is 12.7 Å². The summed E-state index contributed by atoms with van der Waals surface area (Å²) in [7, 11) is 0. The van der Waals surface area contributed by atoms with E-state index in [0.717, 1.165) is 0 Å². The van der Waals surface area contributed by atoms with Crippen LogP contribution in [0.25, 0.3) is 11.3 Å². The fraction of sp³-hybridized carbons (Fsp3) is 0.100. The first-order valence-corrected chi connectivity index (χ1v) is 7.97. The highest BCUT2D eigenvalue weighted by atomic mass is 35.5. The van der Waals surface area contributed by atoms with Crippen molar-refractivity contribution in [2.45, 2.75) is 13.8 Å². The van der Waals surface area contributed by atoms with E-state index < -0.39 is 5.82 Å². The Kier molecular flexibility index (Phi) is 4.55. The Morgan fingerprint density at radius 1 is 0.960 bits per heavy atom. The van der Waals surface area contributed by atoms with Gasteiger partial charge in [0.1, 0.15) is 17.3 Å². The Morgan fingerprint density at radius 2 is 1.56 bits per heavy atom. The van der Waals surface area contributed by atoms with E-state index in [2.05, 4.69) is 0 Å². The summed E-state index contributed by atoms with van der Waals surface area (Å²) < 4.78 is 18.9. The van der Waals surface area contributed by atoms with E-state index >= 15 is 0 Å². The number of carbonyl (C=O) groups excluding carboxylic acids is 2. The highest BCUT2D eigenvalue weighted by molar-refractivity contribution is 6.30. The number of aryl methyl sites for hydroxylation is 1. The summed E-state index contributed by atoms with van der Waals surface area (Å²) in [5, 5.41) is 0.505. The zero-order valence-corrected chi connectivity index (χ0v) is 14.4. The highest BCUT2D eigenvalue weighted by Gasteiger charge is 2.28. The maximum atomic E-state index is 13.2. The Hall–Kier alpha value is -2.72. The molecule has 2 aromatic carbocycles. The molecular formula is C20H14ClFO3. The number of furan rings is 1. The lowest BCUT2D eigenvalue weighted by Gasteiger charge is -2.05. The third kappa shape index (κ3) is 3.26. The molecule has 1 heterocycles. The molecule has 0 fully saturated rings. The fourth-order valence-corrected chi connectivity index (χ4v) is 2.86. The predicted octanol–water partition coefficient (Wildman–Crippen LogP) is 5.48. The topological polar surface area (TPSA) is 47.3 Å². The van der Waals surface area contributed by atoms with Gasteiger partial charge in [-0.1, -0.05) is 11.6 Å². The summed E-state index contributed by atoms with van der Waals surface area (Å²) in [6.07, 6.45) is 0. The van der Waals surface area contributed by atoms with Crippen molar-refractivity contribution in [3.8, 4) is 11.3 Å². The van der Waals surface area contributed by atoms with Gasteiger partial charge in [-0.05, 0) is 62.4 Å². The molecule has 5 heteroatoms. The van der Waals surface area contributed by atoms with Crippen LogP contribution in [0.1, 0.15) is 39.0 Å². The summed E-state index contributed by atoms with van der Waals surface area (Å²) in [5.74, 6) is -0.416. The number of halogens is 2. The van der Waals surface area contributed by atoms with Crippen molar-refractivity contribution in [1.82, 2.24) is 0 Å². The maximum absolute atomic E-state index is 13.2. The van der Waals surface area contributed by atoms with Crippen molar-refractivity contribution in [2.24, 2.45) is 0 Å². The maximum Gasteiger partial charge on any atom is 0.197 e. The number of ketones is 2. The minimum absolute atomic E-state index is 0.180. The van der Waals surface area contributed by atoms with Gasteiger partial charge >= 0.3 is 0 Å². The van der Waals surface area contributed by atoms with Crippen molar-refractivity contribution in [2.75, 3.05) is 0 Å². The van der Waals surface area contributed by atoms with E-state index in [9.17, 15) is 14.0 Å².